The normalized spacial score (nSPS) is 12.5. The average Bonchev–Trinajstić information content (AvgIpc) is 3.07. The van der Waals surface area contributed by atoms with E-state index in [4.69, 9.17) is 4.74 Å². The second-order valence-corrected chi connectivity index (χ2v) is 6.71. The molecule has 2 N–H and O–H groups in total. The first-order chi connectivity index (χ1) is 11.0. The zero-order valence-electron chi connectivity index (χ0n) is 13.9. The van der Waals surface area contributed by atoms with Gasteiger partial charge in [0, 0.05) is 17.3 Å². The lowest BCUT2D eigenvalue weighted by Gasteiger charge is -2.28. The Labute approximate surface area is 141 Å². The third-order valence-corrected chi connectivity index (χ3v) is 4.47. The van der Waals surface area contributed by atoms with Gasteiger partial charge in [0.2, 0.25) is 5.91 Å². The van der Waals surface area contributed by atoms with Gasteiger partial charge in [0.25, 0.3) is 0 Å². The van der Waals surface area contributed by atoms with E-state index >= 15 is 0 Å². The number of methoxy groups -OCH3 is 1. The number of amides is 1. The Morgan fingerprint density at radius 1 is 1.35 bits per heavy atom. The van der Waals surface area contributed by atoms with Gasteiger partial charge in [-0.25, -0.2) is 4.98 Å². The van der Waals surface area contributed by atoms with Crippen molar-refractivity contribution in [3.05, 3.63) is 40.8 Å². The fourth-order valence-corrected chi connectivity index (χ4v) is 2.95. The van der Waals surface area contributed by atoms with Crippen molar-refractivity contribution < 1.29 is 9.53 Å². The molecule has 1 heterocycles. The number of carbonyl (C=O) groups excluding carboxylic acids is 1. The molecule has 1 amide bonds. The molecule has 0 aliphatic rings. The Balaban J connectivity index is 2.03. The van der Waals surface area contributed by atoms with Gasteiger partial charge in [-0.15, -0.1) is 11.3 Å². The number of hydrogen-bond acceptors (Lipinski definition) is 5. The predicted octanol–water partition coefficient (Wildman–Crippen LogP) is 3.61. The Kier molecular flexibility index (Phi) is 5.60. The number of benzene rings is 1. The van der Waals surface area contributed by atoms with Crippen molar-refractivity contribution in [3.63, 3.8) is 0 Å². The predicted molar refractivity (Wildman–Crippen MR) is 94.0 cm³/mol. The molecule has 0 fully saturated rings. The summed E-state index contributed by atoms with van der Waals surface area (Å²) in [6, 6.07) is 7.46. The highest BCUT2D eigenvalue weighted by molar-refractivity contribution is 7.09. The number of carbonyl (C=O) groups is 1. The number of anilines is 1. The fourth-order valence-electron chi connectivity index (χ4n) is 2.18. The maximum atomic E-state index is 12.6. The van der Waals surface area contributed by atoms with Crippen LogP contribution in [0, 0.1) is 0 Å². The van der Waals surface area contributed by atoms with E-state index in [0.29, 0.717) is 0 Å². The molecule has 2 rings (SSSR count). The molecule has 124 valence electrons. The maximum Gasteiger partial charge on any atom is 0.245 e. The average molecular weight is 333 g/mol. The summed E-state index contributed by atoms with van der Waals surface area (Å²) in [4.78, 5) is 16.9. The van der Waals surface area contributed by atoms with Crippen LogP contribution >= 0.6 is 11.3 Å². The lowest BCUT2D eigenvalue weighted by atomic mass is 10.0. The SMILES string of the molecule is CC[C@@H](NC(=O)C(C)(C)Nc1ccc(OC)cc1)c1nccs1. The Morgan fingerprint density at radius 3 is 2.57 bits per heavy atom. The summed E-state index contributed by atoms with van der Waals surface area (Å²) in [6.45, 7) is 5.76. The first kappa shape index (κ1) is 17.3. The number of ether oxygens (including phenoxy) is 1. The second kappa shape index (κ2) is 7.46. The molecule has 0 spiro atoms. The molecule has 0 unspecified atom stereocenters. The molecular weight excluding hydrogens is 310 g/mol. The summed E-state index contributed by atoms with van der Waals surface area (Å²) in [7, 11) is 1.63. The molecule has 0 aliphatic carbocycles. The van der Waals surface area contributed by atoms with Gasteiger partial charge < -0.3 is 15.4 Å². The van der Waals surface area contributed by atoms with Crippen LogP contribution in [-0.4, -0.2) is 23.5 Å². The van der Waals surface area contributed by atoms with Gasteiger partial charge in [-0.3, -0.25) is 4.79 Å². The summed E-state index contributed by atoms with van der Waals surface area (Å²) in [6.07, 6.45) is 2.56. The third-order valence-electron chi connectivity index (χ3n) is 3.58. The molecule has 0 saturated carbocycles. The molecule has 0 saturated heterocycles. The Morgan fingerprint density at radius 2 is 2.04 bits per heavy atom. The minimum absolute atomic E-state index is 0.0561. The number of nitrogens with one attached hydrogen (secondary N) is 2. The van der Waals surface area contributed by atoms with Crippen LogP contribution in [0.15, 0.2) is 35.8 Å². The van der Waals surface area contributed by atoms with Gasteiger partial charge in [-0.1, -0.05) is 6.92 Å². The van der Waals surface area contributed by atoms with Gasteiger partial charge in [0.15, 0.2) is 0 Å². The molecule has 1 aromatic heterocycles. The van der Waals surface area contributed by atoms with E-state index in [9.17, 15) is 4.79 Å². The van der Waals surface area contributed by atoms with Crippen LogP contribution in [0.2, 0.25) is 0 Å². The van der Waals surface area contributed by atoms with Crippen LogP contribution in [0.5, 0.6) is 5.75 Å². The molecule has 23 heavy (non-hydrogen) atoms. The van der Waals surface area contributed by atoms with Crippen molar-refractivity contribution in [3.8, 4) is 5.75 Å². The minimum atomic E-state index is -0.737. The maximum absolute atomic E-state index is 12.6. The van der Waals surface area contributed by atoms with Crippen molar-refractivity contribution in [2.45, 2.75) is 38.8 Å². The van der Waals surface area contributed by atoms with E-state index in [-0.39, 0.29) is 11.9 Å². The molecule has 6 heteroatoms. The molecule has 5 nitrogen and oxygen atoms in total. The Hall–Kier alpha value is -2.08. The molecule has 1 atom stereocenters. The largest absolute Gasteiger partial charge is 0.497 e. The standard InChI is InChI=1S/C17H23N3O2S/c1-5-14(15-18-10-11-23-15)19-16(21)17(2,3)20-12-6-8-13(22-4)9-7-12/h6-11,14,20H,5H2,1-4H3,(H,19,21)/t14-/m1/s1. The highest BCUT2D eigenvalue weighted by Crippen LogP contribution is 2.22. The molecule has 0 bridgehead atoms. The first-order valence-electron chi connectivity index (χ1n) is 7.59. The van der Waals surface area contributed by atoms with Crippen LogP contribution in [-0.2, 0) is 4.79 Å². The van der Waals surface area contributed by atoms with Crippen LogP contribution in [0.25, 0.3) is 0 Å². The summed E-state index contributed by atoms with van der Waals surface area (Å²) in [5, 5.41) is 9.19. The molecule has 0 aliphatic heterocycles. The van der Waals surface area contributed by atoms with Crippen molar-refractivity contribution in [2.24, 2.45) is 0 Å². The van der Waals surface area contributed by atoms with Crippen LogP contribution in [0.1, 0.15) is 38.2 Å². The van der Waals surface area contributed by atoms with Crippen LogP contribution in [0.3, 0.4) is 0 Å². The number of rotatable bonds is 7. The van der Waals surface area contributed by atoms with E-state index < -0.39 is 5.54 Å². The quantitative estimate of drug-likeness (QED) is 0.812. The van der Waals surface area contributed by atoms with E-state index in [0.717, 1.165) is 22.9 Å². The summed E-state index contributed by atoms with van der Waals surface area (Å²) < 4.78 is 5.14. The number of aromatic nitrogens is 1. The zero-order chi connectivity index (χ0) is 16.9. The summed E-state index contributed by atoms with van der Waals surface area (Å²) in [5.41, 5.74) is 0.132. The lowest BCUT2D eigenvalue weighted by Crippen LogP contribution is -2.48. The molecule has 1 aromatic carbocycles. The van der Waals surface area contributed by atoms with Crippen LogP contribution in [0.4, 0.5) is 5.69 Å². The van der Waals surface area contributed by atoms with E-state index in [1.807, 2.05) is 50.4 Å². The zero-order valence-corrected chi connectivity index (χ0v) is 14.7. The highest BCUT2D eigenvalue weighted by Gasteiger charge is 2.29. The monoisotopic (exact) mass is 333 g/mol. The second-order valence-electron chi connectivity index (χ2n) is 5.78. The van der Waals surface area contributed by atoms with Crippen molar-refractivity contribution in [1.29, 1.82) is 0 Å². The van der Waals surface area contributed by atoms with Crippen molar-refractivity contribution >= 4 is 22.9 Å². The minimum Gasteiger partial charge on any atom is -0.497 e. The topological polar surface area (TPSA) is 63.2 Å². The van der Waals surface area contributed by atoms with Gasteiger partial charge in [0.05, 0.1) is 13.2 Å². The number of hydrogen-bond donors (Lipinski definition) is 2. The van der Waals surface area contributed by atoms with E-state index in [2.05, 4.69) is 15.6 Å². The van der Waals surface area contributed by atoms with E-state index in [1.54, 1.807) is 24.6 Å². The highest BCUT2D eigenvalue weighted by atomic mass is 32.1. The van der Waals surface area contributed by atoms with Gasteiger partial charge in [-0.2, -0.15) is 0 Å². The summed E-state index contributed by atoms with van der Waals surface area (Å²) >= 11 is 1.56. The van der Waals surface area contributed by atoms with Crippen molar-refractivity contribution in [2.75, 3.05) is 12.4 Å². The van der Waals surface area contributed by atoms with Gasteiger partial charge in [0.1, 0.15) is 16.3 Å². The van der Waals surface area contributed by atoms with Crippen molar-refractivity contribution in [1.82, 2.24) is 10.3 Å². The first-order valence-corrected chi connectivity index (χ1v) is 8.47. The number of nitrogens with zero attached hydrogens (tertiary/aromatic N) is 1. The molecule has 2 aromatic rings. The smallest absolute Gasteiger partial charge is 0.245 e. The molecular formula is C17H23N3O2S. The lowest BCUT2D eigenvalue weighted by molar-refractivity contribution is -0.125. The Bertz CT molecular complexity index is 624. The molecule has 0 radical (unpaired) electrons. The van der Waals surface area contributed by atoms with Gasteiger partial charge >= 0.3 is 0 Å². The van der Waals surface area contributed by atoms with Gasteiger partial charge in [-0.05, 0) is 44.5 Å². The van der Waals surface area contributed by atoms with E-state index in [1.165, 1.54) is 0 Å². The number of thiazole rings is 1. The fraction of sp³-hybridized carbons (Fsp3) is 0.412. The summed E-state index contributed by atoms with van der Waals surface area (Å²) in [5.74, 6) is 0.725. The third kappa shape index (κ3) is 4.45. The van der Waals surface area contributed by atoms with Crippen LogP contribution < -0.4 is 15.4 Å².